The molecule has 0 aliphatic carbocycles. The molecule has 138 valence electrons. The van der Waals surface area contributed by atoms with Crippen LogP contribution in [-0.4, -0.2) is 50.3 Å². The van der Waals surface area contributed by atoms with Crippen molar-refractivity contribution in [3.05, 3.63) is 35.3 Å². The number of methoxy groups -OCH3 is 1. The average Bonchev–Trinajstić information content (AvgIpc) is 3.17. The third-order valence-corrected chi connectivity index (χ3v) is 4.52. The summed E-state index contributed by atoms with van der Waals surface area (Å²) in [6.07, 6.45) is 0. The molecule has 9 nitrogen and oxygen atoms in total. The number of hydrogen-bond acceptors (Lipinski definition) is 7. The lowest BCUT2D eigenvalue weighted by Crippen LogP contribution is -2.44. The Morgan fingerprint density at radius 3 is 2.85 bits per heavy atom. The van der Waals surface area contributed by atoms with Gasteiger partial charge in [-0.2, -0.15) is 0 Å². The van der Waals surface area contributed by atoms with E-state index in [0.717, 1.165) is 18.2 Å². The predicted octanol–water partition coefficient (Wildman–Crippen LogP) is 1.45. The number of urea groups is 1. The molecule has 0 unspecified atom stereocenters. The Morgan fingerprint density at radius 1 is 1.27 bits per heavy atom. The maximum Gasteiger partial charge on any atom is 0.337 e. The van der Waals surface area contributed by atoms with Gasteiger partial charge in [0.1, 0.15) is 11.4 Å². The monoisotopic (exact) mass is 377 g/mol. The smallest absolute Gasteiger partial charge is 0.337 e. The SMILES string of the molecule is COc1cccc(NC(=O)NNC(=O)c2csc(N3CCOCC3)n2)c1. The lowest BCUT2D eigenvalue weighted by molar-refractivity contribution is 0.0933. The van der Waals surface area contributed by atoms with E-state index in [9.17, 15) is 9.59 Å². The van der Waals surface area contributed by atoms with Gasteiger partial charge in [-0.3, -0.25) is 10.2 Å². The molecule has 2 aromatic rings. The first-order chi connectivity index (χ1) is 12.7. The number of carbonyl (C=O) groups is 2. The summed E-state index contributed by atoms with van der Waals surface area (Å²) in [5, 5.41) is 5.01. The Balaban J connectivity index is 1.50. The Kier molecular flexibility index (Phi) is 5.87. The van der Waals surface area contributed by atoms with E-state index in [2.05, 4.69) is 26.1 Å². The van der Waals surface area contributed by atoms with Crippen molar-refractivity contribution in [2.75, 3.05) is 43.6 Å². The summed E-state index contributed by atoms with van der Waals surface area (Å²) in [6, 6.07) is 6.31. The Labute approximate surface area is 154 Å². The zero-order chi connectivity index (χ0) is 18.4. The molecule has 0 atom stereocenters. The summed E-state index contributed by atoms with van der Waals surface area (Å²) >= 11 is 1.38. The molecule has 1 fully saturated rings. The van der Waals surface area contributed by atoms with Gasteiger partial charge in [-0.05, 0) is 12.1 Å². The highest BCUT2D eigenvalue weighted by Crippen LogP contribution is 2.21. The number of carbonyl (C=O) groups excluding carboxylic acids is 2. The molecule has 3 rings (SSSR count). The minimum Gasteiger partial charge on any atom is -0.497 e. The second kappa shape index (κ2) is 8.50. The fourth-order valence-corrected chi connectivity index (χ4v) is 3.17. The number of ether oxygens (including phenoxy) is 2. The van der Waals surface area contributed by atoms with Crippen LogP contribution in [0.1, 0.15) is 10.5 Å². The number of nitrogens with zero attached hydrogens (tertiary/aromatic N) is 2. The molecule has 1 saturated heterocycles. The van der Waals surface area contributed by atoms with Crippen LogP contribution in [0.5, 0.6) is 5.75 Å². The minimum atomic E-state index is -0.574. The van der Waals surface area contributed by atoms with E-state index in [-0.39, 0.29) is 5.69 Å². The van der Waals surface area contributed by atoms with Gasteiger partial charge in [0.05, 0.1) is 20.3 Å². The molecule has 1 aromatic heterocycles. The third-order valence-electron chi connectivity index (χ3n) is 3.62. The summed E-state index contributed by atoms with van der Waals surface area (Å²) in [4.78, 5) is 30.4. The van der Waals surface area contributed by atoms with E-state index in [1.807, 2.05) is 0 Å². The maximum absolute atomic E-state index is 12.1. The number of benzene rings is 1. The first-order valence-corrected chi connectivity index (χ1v) is 8.83. The molecular weight excluding hydrogens is 358 g/mol. The molecule has 0 saturated carbocycles. The highest BCUT2D eigenvalue weighted by Gasteiger charge is 2.17. The standard InChI is InChI=1S/C16H19N5O4S/c1-24-12-4-2-3-11(9-12)17-15(23)20-19-14(22)13-10-26-16(18-13)21-5-7-25-8-6-21/h2-4,9-10H,5-8H2,1H3,(H,19,22)(H2,17,20,23). The number of anilines is 2. The van der Waals surface area contributed by atoms with Gasteiger partial charge < -0.3 is 19.7 Å². The number of aromatic nitrogens is 1. The van der Waals surface area contributed by atoms with Crippen LogP contribution in [0.25, 0.3) is 0 Å². The molecule has 3 N–H and O–H groups in total. The van der Waals surface area contributed by atoms with Crippen LogP contribution in [0.4, 0.5) is 15.6 Å². The number of amides is 3. The van der Waals surface area contributed by atoms with Crippen molar-refractivity contribution in [1.29, 1.82) is 0 Å². The molecule has 2 heterocycles. The number of thiazole rings is 1. The number of morpholine rings is 1. The molecular formula is C16H19N5O4S. The Morgan fingerprint density at radius 2 is 2.08 bits per heavy atom. The van der Waals surface area contributed by atoms with Crippen LogP contribution < -0.4 is 25.8 Å². The molecule has 1 aliphatic heterocycles. The summed E-state index contributed by atoms with van der Waals surface area (Å²) in [5.41, 5.74) is 5.42. The van der Waals surface area contributed by atoms with Gasteiger partial charge in [0.25, 0.3) is 5.91 Å². The fourth-order valence-electron chi connectivity index (χ4n) is 2.31. The van der Waals surface area contributed by atoms with E-state index in [4.69, 9.17) is 9.47 Å². The third kappa shape index (κ3) is 4.61. The van der Waals surface area contributed by atoms with Crippen LogP contribution in [0.3, 0.4) is 0 Å². The maximum atomic E-state index is 12.1. The lowest BCUT2D eigenvalue weighted by atomic mass is 10.3. The molecule has 0 radical (unpaired) electrons. The summed E-state index contributed by atoms with van der Waals surface area (Å²) in [7, 11) is 1.54. The molecule has 3 amide bonds. The van der Waals surface area contributed by atoms with Crippen molar-refractivity contribution in [2.24, 2.45) is 0 Å². The number of hydrogen-bond donors (Lipinski definition) is 3. The highest BCUT2D eigenvalue weighted by atomic mass is 32.1. The lowest BCUT2D eigenvalue weighted by Gasteiger charge is -2.25. The van der Waals surface area contributed by atoms with Crippen LogP contribution >= 0.6 is 11.3 Å². The van der Waals surface area contributed by atoms with Gasteiger partial charge >= 0.3 is 6.03 Å². The van der Waals surface area contributed by atoms with E-state index in [1.54, 1.807) is 36.8 Å². The van der Waals surface area contributed by atoms with Crippen LogP contribution in [0.15, 0.2) is 29.6 Å². The van der Waals surface area contributed by atoms with E-state index in [1.165, 1.54) is 11.3 Å². The molecule has 1 aliphatic rings. The Bertz CT molecular complexity index is 776. The minimum absolute atomic E-state index is 0.248. The number of hydrazine groups is 1. The van der Waals surface area contributed by atoms with E-state index in [0.29, 0.717) is 24.7 Å². The zero-order valence-corrected chi connectivity index (χ0v) is 15.0. The van der Waals surface area contributed by atoms with Gasteiger partial charge in [0.15, 0.2) is 5.13 Å². The highest BCUT2D eigenvalue weighted by molar-refractivity contribution is 7.13. The summed E-state index contributed by atoms with van der Waals surface area (Å²) < 4.78 is 10.4. The van der Waals surface area contributed by atoms with Gasteiger partial charge in [0, 0.05) is 30.2 Å². The quantitative estimate of drug-likeness (QED) is 0.697. The van der Waals surface area contributed by atoms with Crippen molar-refractivity contribution in [3.8, 4) is 5.75 Å². The molecule has 0 bridgehead atoms. The summed E-state index contributed by atoms with van der Waals surface area (Å²) in [6.45, 7) is 2.78. The van der Waals surface area contributed by atoms with Gasteiger partial charge in [-0.25, -0.2) is 15.2 Å². The van der Waals surface area contributed by atoms with E-state index < -0.39 is 11.9 Å². The first kappa shape index (κ1) is 18.0. The van der Waals surface area contributed by atoms with Crippen molar-refractivity contribution in [1.82, 2.24) is 15.8 Å². The largest absolute Gasteiger partial charge is 0.497 e. The van der Waals surface area contributed by atoms with E-state index >= 15 is 0 Å². The average molecular weight is 377 g/mol. The molecule has 26 heavy (non-hydrogen) atoms. The van der Waals surface area contributed by atoms with Gasteiger partial charge in [-0.15, -0.1) is 11.3 Å². The topological polar surface area (TPSA) is 105 Å². The van der Waals surface area contributed by atoms with Crippen LogP contribution in [0.2, 0.25) is 0 Å². The Hall–Kier alpha value is -2.85. The van der Waals surface area contributed by atoms with Crippen molar-refractivity contribution >= 4 is 34.1 Å². The van der Waals surface area contributed by atoms with Gasteiger partial charge in [0.2, 0.25) is 0 Å². The first-order valence-electron chi connectivity index (χ1n) is 7.95. The molecule has 10 heteroatoms. The number of rotatable bonds is 4. The second-order valence-electron chi connectivity index (χ2n) is 5.38. The second-order valence-corrected chi connectivity index (χ2v) is 6.22. The summed E-state index contributed by atoms with van der Waals surface area (Å²) in [5.74, 6) is 0.131. The van der Waals surface area contributed by atoms with Crippen molar-refractivity contribution < 1.29 is 19.1 Å². The van der Waals surface area contributed by atoms with Crippen molar-refractivity contribution in [3.63, 3.8) is 0 Å². The molecule has 0 spiro atoms. The van der Waals surface area contributed by atoms with Crippen LogP contribution in [-0.2, 0) is 4.74 Å². The fraction of sp³-hybridized carbons (Fsp3) is 0.312. The van der Waals surface area contributed by atoms with Gasteiger partial charge in [-0.1, -0.05) is 6.07 Å². The normalized spacial score (nSPS) is 13.8. The predicted molar refractivity (Wildman–Crippen MR) is 97.8 cm³/mol. The zero-order valence-electron chi connectivity index (χ0n) is 14.2. The van der Waals surface area contributed by atoms with Crippen molar-refractivity contribution in [2.45, 2.75) is 0 Å². The molecule has 1 aromatic carbocycles. The number of nitrogens with one attached hydrogen (secondary N) is 3. The van der Waals surface area contributed by atoms with Crippen LogP contribution in [0, 0.1) is 0 Å².